The Balaban J connectivity index is 1.98. The van der Waals surface area contributed by atoms with Crippen molar-refractivity contribution in [2.45, 2.75) is 18.0 Å². The van der Waals surface area contributed by atoms with Gasteiger partial charge in [-0.25, -0.2) is 17.5 Å². The molecule has 0 aliphatic carbocycles. The van der Waals surface area contributed by atoms with Crippen LogP contribution >= 0.6 is 0 Å². The molecule has 0 fully saturated rings. The van der Waals surface area contributed by atoms with Gasteiger partial charge in [0.2, 0.25) is 10.0 Å². The lowest BCUT2D eigenvalue weighted by Crippen LogP contribution is -2.35. The van der Waals surface area contributed by atoms with E-state index in [-0.39, 0.29) is 17.5 Å². The maximum Gasteiger partial charge on any atom is 0.315 e. The normalized spacial score (nSPS) is 11.2. The fourth-order valence-electron chi connectivity index (χ4n) is 2.30. The van der Waals surface area contributed by atoms with E-state index in [2.05, 4.69) is 10.6 Å². The molecule has 2 N–H and O–H groups in total. The van der Waals surface area contributed by atoms with E-state index >= 15 is 0 Å². The van der Waals surface area contributed by atoms with Crippen LogP contribution in [0.5, 0.6) is 5.75 Å². The Hall–Kier alpha value is -2.58. The second kappa shape index (κ2) is 8.68. The van der Waals surface area contributed by atoms with Gasteiger partial charge in [0, 0.05) is 27.2 Å². The number of ether oxygens (including phenoxy) is 1. The molecule has 2 aromatic rings. The Bertz CT molecular complexity index is 866. The molecule has 0 radical (unpaired) electrons. The van der Waals surface area contributed by atoms with E-state index in [4.69, 9.17) is 4.74 Å². The van der Waals surface area contributed by atoms with Crippen molar-refractivity contribution in [1.82, 2.24) is 14.9 Å². The number of benzene rings is 2. The third-order valence-electron chi connectivity index (χ3n) is 3.76. The second-order valence-electron chi connectivity index (χ2n) is 5.78. The van der Waals surface area contributed by atoms with Crippen molar-refractivity contribution in [1.29, 1.82) is 0 Å². The molecule has 26 heavy (non-hydrogen) atoms. The highest BCUT2D eigenvalue weighted by Crippen LogP contribution is 2.18. The standard InChI is InChI=1S/C18H23N3O4S/c1-21(2)26(23,24)17-10-5-4-8-15(17)13-20-18(22)19-12-14-7-6-9-16(11-14)25-3/h4-11H,12-13H2,1-3H3,(H2,19,20,22). The van der Waals surface area contributed by atoms with E-state index in [1.54, 1.807) is 25.3 Å². The molecule has 0 unspecified atom stereocenters. The molecule has 2 aromatic carbocycles. The molecule has 140 valence electrons. The molecule has 0 heterocycles. The maximum atomic E-state index is 12.4. The lowest BCUT2D eigenvalue weighted by Gasteiger charge is -2.15. The van der Waals surface area contributed by atoms with Crippen molar-refractivity contribution < 1.29 is 17.9 Å². The summed E-state index contributed by atoms with van der Waals surface area (Å²) in [5.41, 5.74) is 1.42. The number of hydrogen-bond donors (Lipinski definition) is 2. The van der Waals surface area contributed by atoms with Gasteiger partial charge in [-0.1, -0.05) is 30.3 Å². The van der Waals surface area contributed by atoms with Gasteiger partial charge < -0.3 is 15.4 Å². The molecule has 0 spiro atoms. The Morgan fingerprint density at radius 2 is 1.73 bits per heavy atom. The van der Waals surface area contributed by atoms with Crippen molar-refractivity contribution in [3.8, 4) is 5.75 Å². The number of hydrogen-bond acceptors (Lipinski definition) is 4. The highest BCUT2D eigenvalue weighted by molar-refractivity contribution is 7.89. The van der Waals surface area contributed by atoms with Crippen LogP contribution in [0, 0.1) is 0 Å². The van der Waals surface area contributed by atoms with Crippen molar-refractivity contribution in [2.24, 2.45) is 0 Å². The first-order valence-corrected chi connectivity index (χ1v) is 9.43. The second-order valence-corrected chi connectivity index (χ2v) is 7.90. The summed E-state index contributed by atoms with van der Waals surface area (Å²) in [5.74, 6) is 0.715. The number of urea groups is 1. The summed E-state index contributed by atoms with van der Waals surface area (Å²) < 4.78 is 31.0. The van der Waals surface area contributed by atoms with Crippen molar-refractivity contribution in [3.05, 3.63) is 59.7 Å². The topological polar surface area (TPSA) is 87.7 Å². The Morgan fingerprint density at radius 1 is 1.04 bits per heavy atom. The summed E-state index contributed by atoms with van der Waals surface area (Å²) in [7, 11) is 0.956. The quantitative estimate of drug-likeness (QED) is 0.772. The number of carbonyl (C=O) groups is 1. The van der Waals surface area contributed by atoms with Crippen LogP contribution in [-0.4, -0.2) is 40.0 Å². The number of amides is 2. The highest BCUT2D eigenvalue weighted by atomic mass is 32.2. The predicted molar refractivity (Wildman–Crippen MR) is 99.4 cm³/mol. The van der Waals surface area contributed by atoms with Crippen LogP contribution in [0.25, 0.3) is 0 Å². The molecule has 8 heteroatoms. The van der Waals surface area contributed by atoms with E-state index in [0.29, 0.717) is 17.9 Å². The molecule has 2 rings (SSSR count). The van der Waals surface area contributed by atoms with Crippen LogP contribution < -0.4 is 15.4 Å². The largest absolute Gasteiger partial charge is 0.497 e. The van der Waals surface area contributed by atoms with Gasteiger partial charge in [-0.05, 0) is 29.3 Å². The zero-order chi connectivity index (χ0) is 19.2. The average Bonchev–Trinajstić information content (AvgIpc) is 2.65. The van der Waals surface area contributed by atoms with E-state index in [0.717, 1.165) is 9.87 Å². The first kappa shape index (κ1) is 19.7. The van der Waals surface area contributed by atoms with Gasteiger partial charge in [-0.3, -0.25) is 0 Å². The molecule has 2 amide bonds. The number of nitrogens with one attached hydrogen (secondary N) is 2. The zero-order valence-electron chi connectivity index (χ0n) is 15.0. The summed E-state index contributed by atoms with van der Waals surface area (Å²) in [6, 6.07) is 13.6. The molecule has 0 aromatic heterocycles. The highest BCUT2D eigenvalue weighted by Gasteiger charge is 2.20. The van der Waals surface area contributed by atoms with Gasteiger partial charge in [0.15, 0.2) is 0 Å². The van der Waals surface area contributed by atoms with Crippen molar-refractivity contribution in [2.75, 3.05) is 21.2 Å². The molecule has 0 saturated carbocycles. The Morgan fingerprint density at radius 3 is 2.42 bits per heavy atom. The number of methoxy groups -OCH3 is 1. The summed E-state index contributed by atoms with van der Waals surface area (Å²) >= 11 is 0. The van der Waals surface area contributed by atoms with Crippen LogP contribution in [0.2, 0.25) is 0 Å². The summed E-state index contributed by atoms with van der Waals surface area (Å²) in [5, 5.41) is 5.42. The maximum absolute atomic E-state index is 12.4. The fourth-order valence-corrected chi connectivity index (χ4v) is 3.42. The van der Waals surface area contributed by atoms with Crippen molar-refractivity contribution >= 4 is 16.1 Å². The van der Waals surface area contributed by atoms with E-state index in [1.165, 1.54) is 20.2 Å². The van der Waals surface area contributed by atoms with Gasteiger partial charge in [0.05, 0.1) is 12.0 Å². The number of carbonyl (C=O) groups excluding carboxylic acids is 1. The summed E-state index contributed by atoms with van der Waals surface area (Å²) in [6.45, 7) is 0.438. The first-order valence-electron chi connectivity index (χ1n) is 7.99. The van der Waals surface area contributed by atoms with Gasteiger partial charge in [-0.2, -0.15) is 0 Å². The molecule has 7 nitrogen and oxygen atoms in total. The average molecular weight is 377 g/mol. The minimum atomic E-state index is -3.57. The molecular weight excluding hydrogens is 354 g/mol. The van der Waals surface area contributed by atoms with Gasteiger partial charge in [-0.15, -0.1) is 0 Å². The zero-order valence-corrected chi connectivity index (χ0v) is 15.8. The molecule has 0 saturated heterocycles. The van der Waals surface area contributed by atoms with Crippen LogP contribution in [0.1, 0.15) is 11.1 Å². The predicted octanol–water partition coefficient (Wildman–Crippen LogP) is 1.94. The number of nitrogens with zero attached hydrogens (tertiary/aromatic N) is 1. The summed E-state index contributed by atoms with van der Waals surface area (Å²) in [4.78, 5) is 12.2. The fraction of sp³-hybridized carbons (Fsp3) is 0.278. The molecule has 0 bridgehead atoms. The van der Waals surface area contributed by atoms with Crippen LogP contribution in [0.15, 0.2) is 53.4 Å². The third kappa shape index (κ3) is 4.96. The minimum Gasteiger partial charge on any atom is -0.497 e. The van der Waals surface area contributed by atoms with Gasteiger partial charge in [0.1, 0.15) is 5.75 Å². The first-order chi connectivity index (χ1) is 12.3. The van der Waals surface area contributed by atoms with Gasteiger partial charge in [0.25, 0.3) is 0 Å². The number of rotatable bonds is 7. The smallest absolute Gasteiger partial charge is 0.315 e. The summed E-state index contributed by atoms with van der Waals surface area (Å²) in [6.07, 6.45) is 0. The van der Waals surface area contributed by atoms with E-state index < -0.39 is 10.0 Å². The minimum absolute atomic E-state index is 0.104. The lowest BCUT2D eigenvalue weighted by molar-refractivity contribution is 0.240. The van der Waals surface area contributed by atoms with Gasteiger partial charge >= 0.3 is 6.03 Å². The SMILES string of the molecule is COc1cccc(CNC(=O)NCc2ccccc2S(=O)(=O)N(C)C)c1. The third-order valence-corrected chi connectivity index (χ3v) is 5.67. The number of sulfonamides is 1. The Kier molecular flexibility index (Phi) is 6.59. The van der Waals surface area contributed by atoms with E-state index in [9.17, 15) is 13.2 Å². The van der Waals surface area contributed by atoms with Crippen LogP contribution in [-0.2, 0) is 23.1 Å². The Labute approximate surface area is 154 Å². The molecule has 0 aliphatic heterocycles. The lowest BCUT2D eigenvalue weighted by atomic mass is 10.2. The van der Waals surface area contributed by atoms with Crippen LogP contribution in [0.3, 0.4) is 0 Å². The molecular formula is C18H23N3O4S. The van der Waals surface area contributed by atoms with Crippen molar-refractivity contribution in [3.63, 3.8) is 0 Å². The molecule has 0 atom stereocenters. The monoisotopic (exact) mass is 377 g/mol. The molecule has 0 aliphatic rings. The van der Waals surface area contributed by atoms with Crippen LogP contribution in [0.4, 0.5) is 4.79 Å². The van der Waals surface area contributed by atoms with E-state index in [1.807, 2.05) is 24.3 Å².